The number of nitrogens with one attached hydrogen (secondary N) is 1. The van der Waals surface area contributed by atoms with Crippen molar-refractivity contribution in [3.8, 4) is 0 Å². The van der Waals surface area contributed by atoms with E-state index in [0.29, 0.717) is 11.4 Å². The third-order valence-corrected chi connectivity index (χ3v) is 3.51. The van der Waals surface area contributed by atoms with Gasteiger partial charge in [0, 0.05) is 0 Å². The van der Waals surface area contributed by atoms with Gasteiger partial charge in [-0.25, -0.2) is 4.98 Å². The van der Waals surface area contributed by atoms with Crippen molar-refractivity contribution in [1.29, 1.82) is 0 Å². The maximum atomic E-state index is 11.3. The Hall–Kier alpha value is -4.01. The molecule has 1 N–H and O–H groups in total. The van der Waals surface area contributed by atoms with E-state index in [-0.39, 0.29) is 5.82 Å². The Morgan fingerprint density at radius 1 is 0.846 bits per heavy atom. The largest absolute Gasteiger partial charge is 0.320 e. The van der Waals surface area contributed by atoms with Gasteiger partial charge in [-0.3, -0.25) is 30.7 Å². The van der Waals surface area contributed by atoms with Crippen molar-refractivity contribution in [2.75, 3.05) is 10.4 Å². The SMILES string of the molecule is O=[N+]([O-])c1cnc(NN(c2ccccc2)c2ccccc2)c([N+](=O)[O-])c1. The molecule has 26 heavy (non-hydrogen) atoms. The van der Waals surface area contributed by atoms with Crippen LogP contribution in [0.5, 0.6) is 0 Å². The van der Waals surface area contributed by atoms with Gasteiger partial charge in [-0.1, -0.05) is 36.4 Å². The molecule has 0 saturated carbocycles. The Morgan fingerprint density at radius 2 is 1.38 bits per heavy atom. The van der Waals surface area contributed by atoms with Crippen molar-refractivity contribution in [3.05, 3.63) is 93.2 Å². The van der Waals surface area contributed by atoms with Gasteiger partial charge in [0.05, 0.1) is 27.3 Å². The standard InChI is InChI=1S/C17H13N5O4/c23-21(24)15-11-16(22(25)26)17(18-12-15)19-20(13-7-3-1-4-8-13)14-9-5-2-6-10-14/h1-12H,(H,18,19). The molecular weight excluding hydrogens is 338 g/mol. The smallest absolute Gasteiger partial charge is 0.271 e. The molecule has 0 atom stereocenters. The third kappa shape index (κ3) is 3.56. The predicted molar refractivity (Wildman–Crippen MR) is 96.2 cm³/mol. The second-order valence-corrected chi connectivity index (χ2v) is 5.19. The van der Waals surface area contributed by atoms with E-state index >= 15 is 0 Å². The molecule has 1 heterocycles. The zero-order valence-corrected chi connectivity index (χ0v) is 13.4. The highest BCUT2D eigenvalue weighted by atomic mass is 16.6. The van der Waals surface area contributed by atoms with E-state index in [1.54, 1.807) is 5.01 Å². The van der Waals surface area contributed by atoms with E-state index in [1.165, 1.54) is 0 Å². The van der Waals surface area contributed by atoms with Crippen molar-refractivity contribution in [1.82, 2.24) is 4.98 Å². The second kappa shape index (κ2) is 7.26. The summed E-state index contributed by atoms with van der Waals surface area (Å²) >= 11 is 0. The lowest BCUT2D eigenvalue weighted by Crippen LogP contribution is -2.25. The number of rotatable bonds is 6. The summed E-state index contributed by atoms with van der Waals surface area (Å²) < 4.78 is 0. The first-order valence-electron chi connectivity index (χ1n) is 7.52. The minimum absolute atomic E-state index is 0.103. The fourth-order valence-corrected chi connectivity index (χ4v) is 2.31. The summed E-state index contributed by atoms with van der Waals surface area (Å²) in [5, 5.41) is 23.8. The zero-order chi connectivity index (χ0) is 18.5. The number of hydrazine groups is 1. The molecule has 130 valence electrons. The van der Waals surface area contributed by atoms with Gasteiger partial charge in [-0.15, -0.1) is 0 Å². The monoisotopic (exact) mass is 351 g/mol. The number of nitro groups is 2. The maximum absolute atomic E-state index is 11.3. The van der Waals surface area contributed by atoms with Crippen molar-refractivity contribution in [2.24, 2.45) is 0 Å². The van der Waals surface area contributed by atoms with Crippen molar-refractivity contribution in [3.63, 3.8) is 0 Å². The molecule has 0 radical (unpaired) electrons. The molecule has 0 amide bonds. The van der Waals surface area contributed by atoms with E-state index in [4.69, 9.17) is 0 Å². The second-order valence-electron chi connectivity index (χ2n) is 5.19. The Labute approximate surface area is 147 Å². The zero-order valence-electron chi connectivity index (χ0n) is 13.4. The number of para-hydroxylation sites is 2. The Kier molecular flexibility index (Phi) is 4.70. The molecule has 0 unspecified atom stereocenters. The van der Waals surface area contributed by atoms with Crippen LogP contribution in [0, 0.1) is 20.2 Å². The average molecular weight is 351 g/mol. The van der Waals surface area contributed by atoms with Crippen LogP contribution in [0.25, 0.3) is 0 Å². The van der Waals surface area contributed by atoms with Crippen molar-refractivity contribution < 1.29 is 9.85 Å². The lowest BCUT2D eigenvalue weighted by molar-refractivity contribution is -0.394. The summed E-state index contributed by atoms with van der Waals surface area (Å²) in [6.07, 6.45) is 0.976. The quantitative estimate of drug-likeness (QED) is 0.526. The highest BCUT2D eigenvalue weighted by Crippen LogP contribution is 2.31. The number of anilines is 3. The van der Waals surface area contributed by atoms with Gasteiger partial charge in [0.15, 0.2) is 0 Å². The van der Waals surface area contributed by atoms with Crippen molar-refractivity contribution in [2.45, 2.75) is 0 Å². The fraction of sp³-hybridized carbons (Fsp3) is 0. The van der Waals surface area contributed by atoms with Gasteiger partial charge in [0.1, 0.15) is 6.20 Å². The molecule has 9 heteroatoms. The highest BCUT2D eigenvalue weighted by Gasteiger charge is 2.23. The van der Waals surface area contributed by atoms with Crippen LogP contribution >= 0.6 is 0 Å². The van der Waals surface area contributed by atoms with Gasteiger partial charge in [0.25, 0.3) is 5.69 Å². The number of nitrogens with zero attached hydrogens (tertiary/aromatic N) is 4. The maximum Gasteiger partial charge on any atom is 0.320 e. The molecule has 0 spiro atoms. The Morgan fingerprint density at radius 3 is 1.85 bits per heavy atom. The van der Waals surface area contributed by atoms with Crippen LogP contribution in [0.3, 0.4) is 0 Å². The summed E-state index contributed by atoms with van der Waals surface area (Å²) in [5.74, 6) is -0.103. The minimum Gasteiger partial charge on any atom is -0.271 e. The molecule has 3 rings (SSSR count). The molecule has 0 aliphatic rings. The number of benzene rings is 2. The van der Waals surface area contributed by atoms with E-state index < -0.39 is 21.2 Å². The predicted octanol–water partition coefficient (Wildman–Crippen LogP) is 4.06. The number of hydrogen-bond donors (Lipinski definition) is 1. The minimum atomic E-state index is -0.726. The summed E-state index contributed by atoms with van der Waals surface area (Å²) in [6, 6.07) is 19.1. The molecule has 0 aliphatic heterocycles. The first-order chi connectivity index (χ1) is 12.6. The molecule has 3 aromatic rings. The van der Waals surface area contributed by atoms with E-state index in [9.17, 15) is 20.2 Å². The number of pyridine rings is 1. The van der Waals surface area contributed by atoms with Crippen LogP contribution in [0.2, 0.25) is 0 Å². The first kappa shape index (κ1) is 16.8. The average Bonchev–Trinajstić information content (AvgIpc) is 2.67. The highest BCUT2D eigenvalue weighted by molar-refractivity contribution is 5.70. The van der Waals surface area contributed by atoms with Gasteiger partial charge in [0.2, 0.25) is 5.82 Å². The molecule has 0 saturated heterocycles. The number of aromatic nitrogens is 1. The molecule has 9 nitrogen and oxygen atoms in total. The van der Waals surface area contributed by atoms with Crippen LogP contribution in [-0.4, -0.2) is 14.8 Å². The van der Waals surface area contributed by atoms with Crippen LogP contribution in [0.15, 0.2) is 72.9 Å². The molecule has 1 aromatic heterocycles. The lowest BCUT2D eigenvalue weighted by atomic mass is 10.2. The van der Waals surface area contributed by atoms with Gasteiger partial charge in [-0.2, -0.15) is 0 Å². The molecule has 0 fully saturated rings. The van der Waals surface area contributed by atoms with Gasteiger partial charge >= 0.3 is 5.69 Å². The summed E-state index contributed by atoms with van der Waals surface area (Å²) in [5.41, 5.74) is 3.38. The Balaban J connectivity index is 2.05. The lowest BCUT2D eigenvalue weighted by Gasteiger charge is -2.25. The topological polar surface area (TPSA) is 114 Å². The molecule has 2 aromatic carbocycles. The fourth-order valence-electron chi connectivity index (χ4n) is 2.31. The van der Waals surface area contributed by atoms with Crippen molar-refractivity contribution >= 4 is 28.6 Å². The van der Waals surface area contributed by atoms with Crippen LogP contribution in [-0.2, 0) is 0 Å². The summed E-state index contributed by atoms with van der Waals surface area (Å²) in [7, 11) is 0. The van der Waals surface area contributed by atoms with Crippen LogP contribution in [0.4, 0.5) is 28.6 Å². The summed E-state index contributed by atoms with van der Waals surface area (Å²) in [6.45, 7) is 0. The van der Waals surface area contributed by atoms with E-state index in [2.05, 4.69) is 10.4 Å². The molecular formula is C17H13N5O4. The van der Waals surface area contributed by atoms with Gasteiger partial charge in [-0.05, 0) is 24.3 Å². The molecule has 0 bridgehead atoms. The molecule has 0 aliphatic carbocycles. The van der Waals surface area contributed by atoms with Crippen LogP contribution < -0.4 is 10.4 Å². The van der Waals surface area contributed by atoms with Crippen LogP contribution in [0.1, 0.15) is 0 Å². The van der Waals surface area contributed by atoms with E-state index in [0.717, 1.165) is 12.3 Å². The first-order valence-corrected chi connectivity index (χ1v) is 7.52. The third-order valence-electron chi connectivity index (χ3n) is 3.51. The van der Waals surface area contributed by atoms with Gasteiger partial charge < -0.3 is 0 Å². The normalized spacial score (nSPS) is 10.2. The Bertz CT molecular complexity index is 895. The summed E-state index contributed by atoms with van der Waals surface area (Å²) in [4.78, 5) is 24.6. The van der Waals surface area contributed by atoms with E-state index in [1.807, 2.05) is 60.7 Å². The number of hydrogen-bond acceptors (Lipinski definition) is 7.